The minimum Gasteiger partial charge on any atom is -0.383 e. The summed E-state index contributed by atoms with van der Waals surface area (Å²) in [5.74, 6) is 0.302. The van der Waals surface area contributed by atoms with E-state index >= 15 is 0 Å². The Balaban J connectivity index is 2.40. The molecule has 0 saturated carbocycles. The van der Waals surface area contributed by atoms with Crippen LogP contribution in [0.4, 0.5) is 11.5 Å². The van der Waals surface area contributed by atoms with Crippen LogP contribution < -0.4 is 11.3 Å². The number of nitrogen functional groups attached to an aromatic ring is 1. The summed E-state index contributed by atoms with van der Waals surface area (Å²) in [5.41, 5.74) is 5.82. The summed E-state index contributed by atoms with van der Waals surface area (Å²) in [7, 11) is 0. The van der Waals surface area contributed by atoms with Gasteiger partial charge in [0.2, 0.25) is 0 Å². The molecule has 0 fully saturated rings. The summed E-state index contributed by atoms with van der Waals surface area (Å²) in [6, 6.07) is 5.73. The number of nitro groups is 1. The fraction of sp³-hybridized carbons (Fsp3) is 0.0909. The fourth-order valence-electron chi connectivity index (χ4n) is 1.52. The summed E-state index contributed by atoms with van der Waals surface area (Å²) in [6.07, 6.45) is 2.73. The number of anilines is 1. The highest BCUT2D eigenvalue weighted by Gasteiger charge is 2.09. The molecule has 2 aromatic heterocycles. The number of hydrogen-bond acceptors (Lipinski definition) is 5. The molecule has 2 N–H and O–H groups in total. The Morgan fingerprint density at radius 3 is 2.83 bits per heavy atom. The normalized spacial score (nSPS) is 10.2. The van der Waals surface area contributed by atoms with Gasteiger partial charge in [-0.25, -0.2) is 4.98 Å². The SMILES string of the molecule is Nc1ncccc1Cn1cc([N+](=O)[O-])ccc1=O. The van der Waals surface area contributed by atoms with Crippen molar-refractivity contribution in [2.75, 3.05) is 5.73 Å². The van der Waals surface area contributed by atoms with Gasteiger partial charge in [-0.3, -0.25) is 14.9 Å². The maximum absolute atomic E-state index is 11.6. The molecule has 0 saturated heterocycles. The Labute approximate surface area is 102 Å². The monoisotopic (exact) mass is 246 g/mol. The molecule has 0 bridgehead atoms. The Bertz CT molecular complexity index is 651. The molecule has 2 heterocycles. The molecule has 0 aliphatic heterocycles. The maximum Gasteiger partial charge on any atom is 0.285 e. The third-order valence-corrected chi connectivity index (χ3v) is 2.45. The van der Waals surface area contributed by atoms with Crippen molar-refractivity contribution in [2.24, 2.45) is 0 Å². The summed E-state index contributed by atoms with van der Waals surface area (Å²) in [6.45, 7) is 0.153. The highest BCUT2D eigenvalue weighted by molar-refractivity contribution is 5.38. The second-order valence-corrected chi connectivity index (χ2v) is 3.66. The molecule has 0 spiro atoms. The first-order valence-electron chi connectivity index (χ1n) is 5.12. The lowest BCUT2D eigenvalue weighted by Gasteiger charge is -2.06. The van der Waals surface area contributed by atoms with Gasteiger partial charge in [-0.15, -0.1) is 0 Å². The van der Waals surface area contributed by atoms with Gasteiger partial charge in [0.1, 0.15) is 5.82 Å². The van der Waals surface area contributed by atoms with Crippen LogP contribution >= 0.6 is 0 Å². The van der Waals surface area contributed by atoms with E-state index in [4.69, 9.17) is 5.73 Å². The molecule has 0 aliphatic carbocycles. The van der Waals surface area contributed by atoms with E-state index in [1.165, 1.54) is 23.0 Å². The second kappa shape index (κ2) is 4.66. The van der Waals surface area contributed by atoms with E-state index in [1.54, 1.807) is 12.1 Å². The van der Waals surface area contributed by atoms with Gasteiger partial charge in [-0.1, -0.05) is 6.07 Å². The summed E-state index contributed by atoms with van der Waals surface area (Å²) >= 11 is 0. The molecule has 7 nitrogen and oxygen atoms in total. The van der Waals surface area contributed by atoms with Crippen LogP contribution in [0.1, 0.15) is 5.56 Å². The van der Waals surface area contributed by atoms with Gasteiger partial charge in [-0.05, 0) is 6.07 Å². The highest BCUT2D eigenvalue weighted by Crippen LogP contribution is 2.11. The minimum absolute atomic E-state index is 0.142. The molecule has 0 aromatic carbocycles. The van der Waals surface area contributed by atoms with Crippen molar-refractivity contribution in [3.05, 3.63) is 62.7 Å². The van der Waals surface area contributed by atoms with Crippen LogP contribution in [0.3, 0.4) is 0 Å². The lowest BCUT2D eigenvalue weighted by atomic mass is 10.2. The molecule has 0 atom stereocenters. The van der Waals surface area contributed by atoms with Crippen LogP contribution in [0.15, 0.2) is 41.5 Å². The van der Waals surface area contributed by atoms with Gasteiger partial charge < -0.3 is 10.3 Å². The van der Waals surface area contributed by atoms with Crippen LogP contribution in [-0.4, -0.2) is 14.5 Å². The average molecular weight is 246 g/mol. The molecule has 0 radical (unpaired) electrons. The second-order valence-electron chi connectivity index (χ2n) is 3.66. The van der Waals surface area contributed by atoms with Crippen molar-refractivity contribution in [2.45, 2.75) is 6.54 Å². The van der Waals surface area contributed by atoms with Crippen LogP contribution in [0.2, 0.25) is 0 Å². The molecule has 7 heteroatoms. The van der Waals surface area contributed by atoms with Crippen LogP contribution in [0, 0.1) is 10.1 Å². The van der Waals surface area contributed by atoms with E-state index in [2.05, 4.69) is 4.98 Å². The average Bonchev–Trinajstić information content (AvgIpc) is 2.34. The van der Waals surface area contributed by atoms with E-state index in [1.807, 2.05) is 0 Å². The van der Waals surface area contributed by atoms with Crippen molar-refractivity contribution in [1.29, 1.82) is 0 Å². The quantitative estimate of drug-likeness (QED) is 0.636. The molecular weight excluding hydrogens is 236 g/mol. The third-order valence-electron chi connectivity index (χ3n) is 2.45. The predicted molar refractivity (Wildman–Crippen MR) is 65.1 cm³/mol. The van der Waals surface area contributed by atoms with Crippen molar-refractivity contribution in [3.8, 4) is 0 Å². The van der Waals surface area contributed by atoms with Gasteiger partial charge in [0.15, 0.2) is 0 Å². The molecule has 92 valence electrons. The van der Waals surface area contributed by atoms with Gasteiger partial charge >= 0.3 is 0 Å². The molecule has 2 rings (SSSR count). The van der Waals surface area contributed by atoms with Crippen molar-refractivity contribution in [3.63, 3.8) is 0 Å². The Morgan fingerprint density at radius 2 is 2.17 bits per heavy atom. The third kappa shape index (κ3) is 2.34. The smallest absolute Gasteiger partial charge is 0.285 e. The zero-order valence-corrected chi connectivity index (χ0v) is 9.31. The number of aromatic nitrogens is 2. The van der Waals surface area contributed by atoms with E-state index in [-0.39, 0.29) is 17.8 Å². The topological polar surface area (TPSA) is 104 Å². The van der Waals surface area contributed by atoms with Crippen LogP contribution in [0.25, 0.3) is 0 Å². The minimum atomic E-state index is -0.553. The van der Waals surface area contributed by atoms with Crippen molar-refractivity contribution < 1.29 is 4.92 Å². The van der Waals surface area contributed by atoms with E-state index in [0.29, 0.717) is 11.4 Å². The van der Waals surface area contributed by atoms with Crippen LogP contribution in [-0.2, 0) is 6.54 Å². The number of hydrogen-bond donors (Lipinski definition) is 1. The lowest BCUT2D eigenvalue weighted by molar-refractivity contribution is -0.385. The number of pyridine rings is 2. The zero-order valence-electron chi connectivity index (χ0n) is 9.31. The lowest BCUT2D eigenvalue weighted by Crippen LogP contribution is -2.20. The Hall–Kier alpha value is -2.70. The molecule has 0 amide bonds. The summed E-state index contributed by atoms with van der Waals surface area (Å²) < 4.78 is 1.23. The van der Waals surface area contributed by atoms with Gasteiger partial charge in [-0.2, -0.15) is 0 Å². The molecule has 0 unspecified atom stereocenters. The Kier molecular flexibility index (Phi) is 3.05. The Morgan fingerprint density at radius 1 is 1.39 bits per heavy atom. The zero-order chi connectivity index (χ0) is 13.1. The summed E-state index contributed by atoms with van der Waals surface area (Å²) in [5, 5.41) is 10.6. The number of rotatable bonds is 3. The largest absolute Gasteiger partial charge is 0.383 e. The summed E-state index contributed by atoms with van der Waals surface area (Å²) in [4.78, 5) is 25.6. The van der Waals surface area contributed by atoms with Crippen molar-refractivity contribution in [1.82, 2.24) is 9.55 Å². The number of nitrogens with zero attached hydrogens (tertiary/aromatic N) is 3. The molecular formula is C11H10N4O3. The van der Waals surface area contributed by atoms with Gasteiger partial charge in [0, 0.05) is 23.9 Å². The first kappa shape index (κ1) is 11.8. The van der Waals surface area contributed by atoms with Crippen molar-refractivity contribution >= 4 is 11.5 Å². The van der Waals surface area contributed by atoms with E-state index < -0.39 is 4.92 Å². The number of nitrogens with two attached hydrogens (primary N) is 1. The van der Waals surface area contributed by atoms with Gasteiger partial charge in [0.25, 0.3) is 11.2 Å². The first-order chi connectivity index (χ1) is 8.58. The van der Waals surface area contributed by atoms with Gasteiger partial charge in [0.05, 0.1) is 17.7 Å². The molecule has 2 aromatic rings. The van der Waals surface area contributed by atoms with Crippen LogP contribution in [0.5, 0.6) is 0 Å². The first-order valence-corrected chi connectivity index (χ1v) is 5.12. The fourth-order valence-corrected chi connectivity index (χ4v) is 1.52. The standard InChI is InChI=1S/C11H10N4O3/c12-11-8(2-1-5-13-11)6-14-7-9(15(17)18)3-4-10(14)16/h1-5,7H,6H2,(H2,12,13). The van der Waals surface area contributed by atoms with E-state index in [9.17, 15) is 14.9 Å². The maximum atomic E-state index is 11.6. The molecule has 18 heavy (non-hydrogen) atoms. The van der Waals surface area contributed by atoms with E-state index in [0.717, 1.165) is 6.07 Å². The highest BCUT2D eigenvalue weighted by atomic mass is 16.6. The molecule has 0 aliphatic rings. The predicted octanol–water partition coefficient (Wildman–Crippen LogP) is 0.782.